The normalized spacial score (nSPS) is 20.9. The first-order valence-electron chi connectivity index (χ1n) is 10.5. The summed E-state index contributed by atoms with van der Waals surface area (Å²) in [6, 6.07) is 0. The zero-order valence-corrected chi connectivity index (χ0v) is 17.5. The molecule has 2 atom stereocenters. The molecule has 0 saturated heterocycles. The zero-order chi connectivity index (χ0) is 23.0. The molecule has 0 saturated carbocycles. The van der Waals surface area contributed by atoms with E-state index in [-0.39, 0.29) is 30.5 Å². The van der Waals surface area contributed by atoms with E-state index >= 15 is 0 Å². The maximum Gasteiger partial charge on any atom is 0.267 e. The number of aromatic hydroxyl groups is 1. The molecule has 0 spiro atoms. The summed E-state index contributed by atoms with van der Waals surface area (Å²) in [5.41, 5.74) is 0.543. The molecule has 1 aliphatic heterocycles. The van der Waals surface area contributed by atoms with Crippen LogP contribution in [0.1, 0.15) is 37.1 Å². The van der Waals surface area contributed by atoms with Gasteiger partial charge in [-0.2, -0.15) is 0 Å². The Kier molecular flexibility index (Phi) is 6.00. The Morgan fingerprint density at radius 3 is 2.91 bits per heavy atom. The Morgan fingerprint density at radius 1 is 1.44 bits per heavy atom. The standard InChI is InChI=1S/C22H25F3N4O3/c1-2-26-20(31)15-19(30)17-18-16(27-8-7-22(24,25)11-29(18)21(15)32)13(10-28-17)9-12-3-5-14(23)6-4-12/h3-5,10,14,20,26-27,30-31H,2,6-9,11H2,1H3. The molecule has 2 aliphatic rings. The van der Waals surface area contributed by atoms with Gasteiger partial charge in [-0.15, -0.1) is 0 Å². The van der Waals surface area contributed by atoms with Crippen LogP contribution in [0.4, 0.5) is 18.9 Å². The van der Waals surface area contributed by atoms with Crippen LogP contribution in [-0.2, 0) is 13.0 Å². The van der Waals surface area contributed by atoms with Crippen LogP contribution in [0.25, 0.3) is 11.0 Å². The number of nitrogens with one attached hydrogen (secondary N) is 2. The maximum atomic E-state index is 14.5. The van der Waals surface area contributed by atoms with Crippen molar-refractivity contribution in [3.63, 3.8) is 0 Å². The third kappa shape index (κ3) is 4.12. The molecule has 4 N–H and O–H groups in total. The fourth-order valence-corrected chi connectivity index (χ4v) is 4.14. The van der Waals surface area contributed by atoms with Crippen LogP contribution in [0.5, 0.6) is 5.75 Å². The first kappa shape index (κ1) is 22.3. The molecule has 2 aromatic rings. The Bertz CT molecular complexity index is 1160. The van der Waals surface area contributed by atoms with Crippen molar-refractivity contribution in [3.05, 3.63) is 51.5 Å². The van der Waals surface area contributed by atoms with E-state index < -0.39 is 48.2 Å². The number of hydrogen-bond donors (Lipinski definition) is 4. The van der Waals surface area contributed by atoms with Crippen molar-refractivity contribution in [3.8, 4) is 5.75 Å². The number of aliphatic hydroxyl groups excluding tert-OH is 1. The molecule has 4 rings (SSSR count). The Hall–Kier alpha value is -2.85. The van der Waals surface area contributed by atoms with Gasteiger partial charge in [-0.1, -0.05) is 25.2 Å². The highest BCUT2D eigenvalue weighted by Gasteiger charge is 2.35. The van der Waals surface area contributed by atoms with Gasteiger partial charge in [-0.25, -0.2) is 13.2 Å². The number of pyridine rings is 2. The van der Waals surface area contributed by atoms with Gasteiger partial charge >= 0.3 is 0 Å². The van der Waals surface area contributed by atoms with Gasteiger partial charge < -0.3 is 15.5 Å². The average molecular weight is 450 g/mol. The van der Waals surface area contributed by atoms with Crippen LogP contribution in [0.2, 0.25) is 0 Å². The SMILES string of the molecule is CCNC(O)c1c(O)c2ncc(CC3=CCC(F)C=C3)c3c2n(c1=O)CC(F)(F)CCN3. The molecule has 0 amide bonds. The van der Waals surface area contributed by atoms with Gasteiger partial charge in [0, 0.05) is 37.6 Å². The molecule has 3 heterocycles. The van der Waals surface area contributed by atoms with Crippen molar-refractivity contribution in [2.75, 3.05) is 18.4 Å². The van der Waals surface area contributed by atoms with E-state index in [1.54, 1.807) is 19.1 Å². The second-order valence-corrected chi connectivity index (χ2v) is 8.07. The molecule has 2 aromatic heterocycles. The first-order valence-corrected chi connectivity index (χ1v) is 10.5. The predicted molar refractivity (Wildman–Crippen MR) is 115 cm³/mol. The average Bonchev–Trinajstić information content (AvgIpc) is 2.72. The second-order valence-electron chi connectivity index (χ2n) is 8.07. The molecule has 0 radical (unpaired) electrons. The van der Waals surface area contributed by atoms with E-state index in [9.17, 15) is 28.2 Å². The Balaban J connectivity index is 1.95. The molecule has 2 unspecified atom stereocenters. The maximum absolute atomic E-state index is 14.5. The molecule has 32 heavy (non-hydrogen) atoms. The largest absolute Gasteiger partial charge is 0.505 e. The minimum Gasteiger partial charge on any atom is -0.505 e. The third-order valence-electron chi connectivity index (χ3n) is 5.73. The van der Waals surface area contributed by atoms with E-state index in [2.05, 4.69) is 15.6 Å². The van der Waals surface area contributed by atoms with Crippen LogP contribution in [0.15, 0.2) is 34.8 Å². The molecule has 7 nitrogen and oxygen atoms in total. The summed E-state index contributed by atoms with van der Waals surface area (Å²) in [6.07, 6.45) is 3.91. The van der Waals surface area contributed by atoms with E-state index in [0.29, 0.717) is 17.7 Å². The summed E-state index contributed by atoms with van der Waals surface area (Å²) >= 11 is 0. The first-order chi connectivity index (χ1) is 15.2. The summed E-state index contributed by atoms with van der Waals surface area (Å²) in [7, 11) is 0. The molecule has 10 heteroatoms. The van der Waals surface area contributed by atoms with Gasteiger partial charge in [0.15, 0.2) is 5.75 Å². The quantitative estimate of drug-likeness (QED) is 0.523. The number of hydrogen-bond acceptors (Lipinski definition) is 6. The van der Waals surface area contributed by atoms with Gasteiger partial charge in [-0.05, 0) is 12.1 Å². The van der Waals surface area contributed by atoms with E-state index in [4.69, 9.17) is 0 Å². The molecular formula is C22H25F3N4O3. The number of anilines is 1. The minimum absolute atomic E-state index is 0.0444. The van der Waals surface area contributed by atoms with Gasteiger partial charge in [-0.3, -0.25) is 19.7 Å². The summed E-state index contributed by atoms with van der Waals surface area (Å²) in [5, 5.41) is 26.7. The van der Waals surface area contributed by atoms with Crippen LogP contribution < -0.4 is 16.2 Å². The molecule has 172 valence electrons. The summed E-state index contributed by atoms with van der Waals surface area (Å²) < 4.78 is 43.3. The number of rotatable bonds is 5. The van der Waals surface area contributed by atoms with E-state index in [1.807, 2.05) is 0 Å². The predicted octanol–water partition coefficient (Wildman–Crippen LogP) is 2.92. The van der Waals surface area contributed by atoms with Crippen molar-refractivity contribution >= 4 is 16.7 Å². The second kappa shape index (κ2) is 8.59. The molecular weight excluding hydrogens is 425 g/mol. The van der Waals surface area contributed by atoms with Crippen LogP contribution in [-0.4, -0.2) is 44.9 Å². The molecule has 0 bridgehead atoms. The topological polar surface area (TPSA) is 99.4 Å². The molecule has 0 fully saturated rings. The highest BCUT2D eigenvalue weighted by Crippen LogP contribution is 2.37. The summed E-state index contributed by atoms with van der Waals surface area (Å²) in [5.74, 6) is -3.73. The Morgan fingerprint density at radius 2 is 2.22 bits per heavy atom. The number of nitrogens with zero attached hydrogens (tertiary/aromatic N) is 2. The van der Waals surface area contributed by atoms with Crippen molar-refractivity contribution in [1.29, 1.82) is 0 Å². The minimum atomic E-state index is -3.18. The lowest BCUT2D eigenvalue weighted by atomic mass is 9.97. The van der Waals surface area contributed by atoms with Crippen LogP contribution >= 0.6 is 0 Å². The number of allylic oxidation sites excluding steroid dienone is 4. The smallest absolute Gasteiger partial charge is 0.267 e. The monoisotopic (exact) mass is 450 g/mol. The van der Waals surface area contributed by atoms with Gasteiger partial charge in [0.2, 0.25) is 0 Å². The van der Waals surface area contributed by atoms with E-state index in [1.165, 1.54) is 12.3 Å². The number of aromatic nitrogens is 2. The van der Waals surface area contributed by atoms with Gasteiger partial charge in [0.1, 0.15) is 23.5 Å². The van der Waals surface area contributed by atoms with Gasteiger partial charge in [0.05, 0.1) is 17.7 Å². The van der Waals surface area contributed by atoms with E-state index in [0.717, 1.165) is 10.1 Å². The van der Waals surface area contributed by atoms with Crippen LogP contribution in [0, 0.1) is 0 Å². The Labute approximate surface area is 182 Å². The summed E-state index contributed by atoms with van der Waals surface area (Å²) in [6.45, 7) is 1.03. The number of aliphatic hydroxyl groups is 1. The van der Waals surface area contributed by atoms with Crippen LogP contribution in [0.3, 0.4) is 0 Å². The molecule has 0 aromatic carbocycles. The number of alkyl halides is 3. The lowest BCUT2D eigenvalue weighted by Crippen LogP contribution is -2.38. The zero-order valence-electron chi connectivity index (χ0n) is 17.5. The van der Waals surface area contributed by atoms with Crippen molar-refractivity contribution < 1.29 is 23.4 Å². The fraction of sp³-hybridized carbons (Fsp3) is 0.455. The number of halogens is 3. The van der Waals surface area contributed by atoms with Crippen molar-refractivity contribution in [2.24, 2.45) is 0 Å². The third-order valence-corrected chi connectivity index (χ3v) is 5.73. The highest BCUT2D eigenvalue weighted by molar-refractivity contribution is 5.94. The highest BCUT2D eigenvalue weighted by atomic mass is 19.3. The van der Waals surface area contributed by atoms with Gasteiger partial charge in [0.25, 0.3) is 11.5 Å². The fourth-order valence-electron chi connectivity index (χ4n) is 4.14. The lowest BCUT2D eigenvalue weighted by Gasteiger charge is -2.27. The van der Waals surface area contributed by atoms with Crippen molar-refractivity contribution in [1.82, 2.24) is 14.9 Å². The molecule has 1 aliphatic carbocycles. The summed E-state index contributed by atoms with van der Waals surface area (Å²) in [4.78, 5) is 17.4. The van der Waals surface area contributed by atoms with Crippen molar-refractivity contribution in [2.45, 2.75) is 51.1 Å². The lowest BCUT2D eigenvalue weighted by molar-refractivity contribution is -0.0217.